The molecule has 5 aromatic heterocycles. The number of aryl methyl sites for hydroxylation is 2. The average molecular weight is 530 g/mol. The Morgan fingerprint density at radius 3 is 2.71 bits per heavy atom. The molecule has 0 atom stereocenters. The van der Waals surface area contributed by atoms with Crippen LogP contribution in [0.2, 0.25) is 5.02 Å². The average Bonchev–Trinajstić information content (AvgIpc) is 3.52. The van der Waals surface area contributed by atoms with Gasteiger partial charge < -0.3 is 4.57 Å². The van der Waals surface area contributed by atoms with E-state index in [1.165, 1.54) is 25.7 Å². The van der Waals surface area contributed by atoms with Gasteiger partial charge in [-0.05, 0) is 60.8 Å². The van der Waals surface area contributed by atoms with Gasteiger partial charge >= 0.3 is 5.76 Å². The van der Waals surface area contributed by atoms with Gasteiger partial charge in [0.25, 0.3) is 0 Å². The first kappa shape index (κ1) is 24.5. The van der Waals surface area contributed by atoms with E-state index in [1.54, 1.807) is 18.6 Å². The van der Waals surface area contributed by atoms with Crippen molar-refractivity contribution in [3.05, 3.63) is 75.9 Å². The fourth-order valence-electron chi connectivity index (χ4n) is 5.38. The van der Waals surface area contributed by atoms with Gasteiger partial charge in [0.15, 0.2) is 0 Å². The van der Waals surface area contributed by atoms with Crippen molar-refractivity contribution < 1.29 is 4.52 Å². The maximum absolute atomic E-state index is 11.7. The molecular weight excluding hydrogens is 502 g/mol. The van der Waals surface area contributed by atoms with Gasteiger partial charge in [0.1, 0.15) is 5.69 Å². The molecule has 0 bridgehead atoms. The zero-order valence-electron chi connectivity index (χ0n) is 21.1. The first-order valence-corrected chi connectivity index (χ1v) is 13.4. The molecule has 1 aliphatic rings. The number of hydrogen-bond acceptors (Lipinski definition) is 7. The van der Waals surface area contributed by atoms with Crippen molar-refractivity contribution in [2.45, 2.75) is 52.0 Å². The molecule has 0 aromatic carbocycles. The standard InChI is InChI=1S/C28H28ClN7O2/c1-17-4-6-19(7-5-17)15-36-16-20(9-8-18-3-2-10-30-12-18)23-25(36)24(21-11-22(29)14-31-13-21)33-26(32-23)27-34-28(37)38-35-27/h2-3,10-14,16-17,19H,4-9,15H2,1H3,(H,34,35,37). The summed E-state index contributed by atoms with van der Waals surface area (Å²) in [6.45, 7) is 3.23. The van der Waals surface area contributed by atoms with Crippen LogP contribution in [0, 0.1) is 11.8 Å². The van der Waals surface area contributed by atoms with Gasteiger partial charge in [0, 0.05) is 43.1 Å². The van der Waals surface area contributed by atoms with E-state index >= 15 is 0 Å². The Morgan fingerprint density at radius 2 is 1.97 bits per heavy atom. The van der Waals surface area contributed by atoms with E-state index in [4.69, 9.17) is 26.1 Å². The monoisotopic (exact) mass is 529 g/mol. The van der Waals surface area contributed by atoms with Gasteiger partial charge in [0.05, 0.1) is 16.1 Å². The van der Waals surface area contributed by atoms with E-state index in [9.17, 15) is 4.79 Å². The molecule has 9 nitrogen and oxygen atoms in total. The minimum atomic E-state index is -0.657. The molecule has 1 fully saturated rings. The van der Waals surface area contributed by atoms with Crippen LogP contribution in [0.25, 0.3) is 33.9 Å². The Bertz CT molecular complexity index is 1620. The molecule has 1 N–H and O–H groups in total. The lowest BCUT2D eigenvalue weighted by atomic mass is 9.83. The fourth-order valence-corrected chi connectivity index (χ4v) is 5.55. The second kappa shape index (κ2) is 10.5. The second-order valence-electron chi connectivity index (χ2n) is 10.2. The number of aromatic amines is 1. The number of halogens is 1. The minimum absolute atomic E-state index is 0.181. The number of nitrogens with one attached hydrogen (secondary N) is 1. The van der Waals surface area contributed by atoms with E-state index in [0.717, 1.165) is 53.0 Å². The molecule has 0 amide bonds. The predicted molar refractivity (Wildman–Crippen MR) is 145 cm³/mol. The molecule has 0 spiro atoms. The number of pyridine rings is 2. The summed E-state index contributed by atoms with van der Waals surface area (Å²) in [4.78, 5) is 32.7. The van der Waals surface area contributed by atoms with Crippen LogP contribution in [0.15, 0.2) is 58.5 Å². The van der Waals surface area contributed by atoms with Gasteiger partial charge in [-0.2, -0.15) is 0 Å². The van der Waals surface area contributed by atoms with Crippen molar-refractivity contribution in [3.63, 3.8) is 0 Å². The first-order valence-electron chi connectivity index (χ1n) is 13.0. The summed E-state index contributed by atoms with van der Waals surface area (Å²) in [6, 6.07) is 5.88. The molecule has 0 aliphatic heterocycles. The van der Waals surface area contributed by atoms with E-state index in [0.29, 0.717) is 16.6 Å². The van der Waals surface area contributed by atoms with Gasteiger partial charge in [-0.1, -0.05) is 42.6 Å². The molecule has 5 heterocycles. The molecule has 0 saturated heterocycles. The summed E-state index contributed by atoms with van der Waals surface area (Å²) in [5.41, 5.74) is 5.47. The van der Waals surface area contributed by atoms with Crippen molar-refractivity contribution >= 4 is 22.6 Å². The Hall–Kier alpha value is -3.85. The zero-order valence-corrected chi connectivity index (χ0v) is 21.9. The molecular formula is C28H28ClN7O2. The molecule has 10 heteroatoms. The van der Waals surface area contributed by atoms with Crippen LogP contribution in [0.5, 0.6) is 0 Å². The molecule has 6 rings (SSSR count). The van der Waals surface area contributed by atoms with Gasteiger partial charge in [-0.15, -0.1) is 0 Å². The molecule has 5 aromatic rings. The highest BCUT2D eigenvalue weighted by atomic mass is 35.5. The molecule has 38 heavy (non-hydrogen) atoms. The normalized spacial score (nSPS) is 17.7. The van der Waals surface area contributed by atoms with Crippen LogP contribution in [0.3, 0.4) is 0 Å². The summed E-state index contributed by atoms with van der Waals surface area (Å²) >= 11 is 6.34. The summed E-state index contributed by atoms with van der Waals surface area (Å²) in [7, 11) is 0. The zero-order chi connectivity index (χ0) is 26.1. The minimum Gasteiger partial charge on any atom is -0.344 e. The Morgan fingerprint density at radius 1 is 1.11 bits per heavy atom. The molecule has 0 radical (unpaired) electrons. The molecule has 0 unspecified atom stereocenters. The third kappa shape index (κ3) is 5.11. The summed E-state index contributed by atoms with van der Waals surface area (Å²) < 4.78 is 7.06. The number of hydrogen-bond donors (Lipinski definition) is 1. The van der Waals surface area contributed by atoms with Crippen LogP contribution in [0.1, 0.15) is 43.7 Å². The third-order valence-electron chi connectivity index (χ3n) is 7.41. The predicted octanol–water partition coefficient (Wildman–Crippen LogP) is 5.50. The third-order valence-corrected chi connectivity index (χ3v) is 7.62. The maximum Gasteiger partial charge on any atom is 0.439 e. The lowest BCUT2D eigenvalue weighted by Gasteiger charge is -2.26. The van der Waals surface area contributed by atoms with Crippen LogP contribution in [-0.2, 0) is 19.4 Å². The number of fused-ring (bicyclic) bond motifs is 1. The SMILES string of the molecule is CC1CCC(Cn2cc(CCc3cccnc3)c3nc(-c4noc(=O)[nH]4)nc(-c4cncc(Cl)c4)c32)CC1. The van der Waals surface area contributed by atoms with Gasteiger partial charge in [-0.25, -0.2) is 14.8 Å². The van der Waals surface area contributed by atoms with E-state index in [2.05, 4.69) is 43.9 Å². The first-order chi connectivity index (χ1) is 18.5. The maximum atomic E-state index is 11.7. The molecule has 1 saturated carbocycles. The van der Waals surface area contributed by atoms with Crippen molar-refractivity contribution in [1.29, 1.82) is 0 Å². The van der Waals surface area contributed by atoms with Crippen LogP contribution in [0.4, 0.5) is 0 Å². The number of aromatic nitrogens is 7. The second-order valence-corrected chi connectivity index (χ2v) is 10.7. The van der Waals surface area contributed by atoms with E-state index in [-0.39, 0.29) is 11.6 Å². The summed E-state index contributed by atoms with van der Waals surface area (Å²) in [5, 5.41) is 4.37. The van der Waals surface area contributed by atoms with Crippen LogP contribution >= 0.6 is 11.6 Å². The highest BCUT2D eigenvalue weighted by Gasteiger charge is 2.24. The smallest absolute Gasteiger partial charge is 0.344 e. The number of H-pyrrole nitrogens is 1. The van der Waals surface area contributed by atoms with Gasteiger partial charge in [-0.3, -0.25) is 19.5 Å². The van der Waals surface area contributed by atoms with Gasteiger partial charge in [0.2, 0.25) is 11.6 Å². The van der Waals surface area contributed by atoms with Crippen molar-refractivity contribution in [2.75, 3.05) is 0 Å². The fraction of sp³-hybridized carbons (Fsp3) is 0.357. The van der Waals surface area contributed by atoms with Crippen LogP contribution in [-0.4, -0.2) is 34.6 Å². The summed E-state index contributed by atoms with van der Waals surface area (Å²) in [6.07, 6.45) is 15.8. The highest BCUT2D eigenvalue weighted by Crippen LogP contribution is 2.35. The van der Waals surface area contributed by atoms with Crippen molar-refractivity contribution in [2.24, 2.45) is 11.8 Å². The topological polar surface area (TPSA) is 115 Å². The Balaban J connectivity index is 1.51. The molecule has 194 valence electrons. The lowest BCUT2D eigenvalue weighted by molar-refractivity contribution is 0.267. The number of nitrogens with zero attached hydrogens (tertiary/aromatic N) is 6. The van der Waals surface area contributed by atoms with E-state index < -0.39 is 5.76 Å². The summed E-state index contributed by atoms with van der Waals surface area (Å²) in [5.74, 6) is 1.18. The van der Waals surface area contributed by atoms with Crippen molar-refractivity contribution in [3.8, 4) is 22.9 Å². The van der Waals surface area contributed by atoms with Crippen molar-refractivity contribution in [1.82, 2.24) is 34.6 Å². The Labute approximate surface area is 224 Å². The molecule has 1 aliphatic carbocycles. The quantitative estimate of drug-likeness (QED) is 0.296. The van der Waals surface area contributed by atoms with Crippen LogP contribution < -0.4 is 5.76 Å². The largest absolute Gasteiger partial charge is 0.439 e. The lowest BCUT2D eigenvalue weighted by Crippen LogP contribution is -2.17. The number of rotatable bonds is 7. The van der Waals surface area contributed by atoms with E-state index in [1.807, 2.05) is 18.3 Å². The highest BCUT2D eigenvalue weighted by molar-refractivity contribution is 6.30. The Kier molecular flexibility index (Phi) is 6.76.